The number of aliphatic carboxylic acids is 1. The fourth-order valence-electron chi connectivity index (χ4n) is 4.38. The minimum absolute atomic E-state index is 0.0466. The van der Waals surface area contributed by atoms with Crippen LogP contribution in [-0.2, 0) is 14.4 Å². The summed E-state index contributed by atoms with van der Waals surface area (Å²) in [5, 5.41) is 21.6. The Bertz CT molecular complexity index is 965. The molecule has 4 amide bonds. The van der Waals surface area contributed by atoms with Crippen LogP contribution in [0.25, 0.3) is 0 Å². The van der Waals surface area contributed by atoms with E-state index in [1.165, 1.54) is 6.07 Å². The Morgan fingerprint density at radius 3 is 2.47 bits per heavy atom. The topological polar surface area (TPSA) is 144 Å². The van der Waals surface area contributed by atoms with Gasteiger partial charge >= 0.3 is 5.97 Å². The van der Waals surface area contributed by atoms with Gasteiger partial charge in [0.15, 0.2) is 0 Å². The average molecular weight is 415 g/mol. The zero-order valence-corrected chi connectivity index (χ0v) is 16.1. The van der Waals surface area contributed by atoms with Gasteiger partial charge in [-0.15, -0.1) is 0 Å². The molecule has 1 atom stereocenters. The molecule has 30 heavy (non-hydrogen) atoms. The van der Waals surface area contributed by atoms with Gasteiger partial charge in [0.2, 0.25) is 11.8 Å². The van der Waals surface area contributed by atoms with Crippen molar-refractivity contribution < 1.29 is 34.2 Å². The Hall–Kier alpha value is -3.27. The highest BCUT2D eigenvalue weighted by molar-refractivity contribution is 6.25. The van der Waals surface area contributed by atoms with Crippen molar-refractivity contribution in [1.29, 1.82) is 0 Å². The molecule has 0 aromatic heterocycles. The van der Waals surface area contributed by atoms with Crippen molar-refractivity contribution in [3.8, 4) is 0 Å². The summed E-state index contributed by atoms with van der Waals surface area (Å²) in [6, 6.07) is 3.82. The van der Waals surface area contributed by atoms with Gasteiger partial charge in [0.1, 0.15) is 6.04 Å². The highest BCUT2D eigenvalue weighted by Gasteiger charge is 2.46. The summed E-state index contributed by atoms with van der Waals surface area (Å²) in [5.74, 6) is -3.35. The summed E-state index contributed by atoms with van der Waals surface area (Å²) >= 11 is 0. The van der Waals surface area contributed by atoms with Crippen molar-refractivity contribution >= 4 is 35.3 Å². The van der Waals surface area contributed by atoms with Crippen molar-refractivity contribution in [3.05, 3.63) is 29.3 Å². The third-order valence-electron chi connectivity index (χ3n) is 5.96. The first-order valence-corrected chi connectivity index (χ1v) is 9.74. The molecule has 1 aromatic carbocycles. The van der Waals surface area contributed by atoms with E-state index in [1.54, 1.807) is 12.1 Å². The van der Waals surface area contributed by atoms with Gasteiger partial charge in [0, 0.05) is 19.5 Å². The van der Waals surface area contributed by atoms with Gasteiger partial charge in [-0.05, 0) is 31.4 Å². The summed E-state index contributed by atoms with van der Waals surface area (Å²) in [5.41, 5.74) is -0.416. The monoisotopic (exact) mass is 415 g/mol. The van der Waals surface area contributed by atoms with Crippen molar-refractivity contribution in [2.75, 3.05) is 18.0 Å². The second-order valence-electron chi connectivity index (χ2n) is 7.93. The number of carboxylic acid groups (broad SMARTS) is 1. The number of carbonyl (C=O) groups is 5. The SMILES string of the molecule is O=C(O)CC1(O)CCN(c2cccc3c2C(=O)N(C2CCC(=O)NC2=O)C3=O)CC1. The largest absolute Gasteiger partial charge is 0.481 e. The molecule has 1 aromatic rings. The van der Waals surface area contributed by atoms with E-state index in [0.29, 0.717) is 18.8 Å². The summed E-state index contributed by atoms with van der Waals surface area (Å²) < 4.78 is 0. The molecule has 0 spiro atoms. The lowest BCUT2D eigenvalue weighted by molar-refractivity contribution is -0.143. The number of imide groups is 2. The number of fused-ring (bicyclic) bond motifs is 1. The van der Waals surface area contributed by atoms with E-state index in [2.05, 4.69) is 5.32 Å². The number of rotatable bonds is 4. The second kappa shape index (κ2) is 7.21. The van der Waals surface area contributed by atoms with Gasteiger partial charge in [-0.2, -0.15) is 0 Å². The quantitative estimate of drug-likeness (QED) is 0.578. The molecule has 3 N–H and O–H groups in total. The Balaban J connectivity index is 1.59. The van der Waals surface area contributed by atoms with Crippen LogP contribution in [0.4, 0.5) is 5.69 Å². The van der Waals surface area contributed by atoms with E-state index in [4.69, 9.17) is 5.11 Å². The van der Waals surface area contributed by atoms with Crippen LogP contribution >= 0.6 is 0 Å². The molecule has 0 aliphatic carbocycles. The van der Waals surface area contributed by atoms with Crippen LogP contribution in [0.15, 0.2) is 18.2 Å². The summed E-state index contributed by atoms with van der Waals surface area (Å²) in [7, 11) is 0. The lowest BCUT2D eigenvalue weighted by Crippen LogP contribution is -2.54. The first-order chi connectivity index (χ1) is 14.2. The van der Waals surface area contributed by atoms with Crippen molar-refractivity contribution in [3.63, 3.8) is 0 Å². The third kappa shape index (κ3) is 3.32. The lowest BCUT2D eigenvalue weighted by Gasteiger charge is -2.39. The van der Waals surface area contributed by atoms with E-state index >= 15 is 0 Å². The van der Waals surface area contributed by atoms with Crippen molar-refractivity contribution in [2.24, 2.45) is 0 Å². The molecule has 2 saturated heterocycles. The summed E-state index contributed by atoms with van der Waals surface area (Å²) in [6.45, 7) is 0.639. The van der Waals surface area contributed by atoms with Gasteiger partial charge in [-0.25, -0.2) is 0 Å². The number of carbonyl (C=O) groups excluding carboxylic acids is 4. The minimum Gasteiger partial charge on any atom is -0.481 e. The zero-order chi connectivity index (χ0) is 21.6. The molecule has 0 bridgehead atoms. The number of aliphatic hydroxyl groups is 1. The molecule has 3 aliphatic heterocycles. The number of anilines is 1. The molecule has 10 heteroatoms. The highest BCUT2D eigenvalue weighted by atomic mass is 16.4. The first kappa shape index (κ1) is 20.0. The highest BCUT2D eigenvalue weighted by Crippen LogP contribution is 2.36. The number of benzene rings is 1. The molecule has 2 fully saturated rings. The number of nitrogens with one attached hydrogen (secondary N) is 1. The summed E-state index contributed by atoms with van der Waals surface area (Å²) in [6.07, 6.45) is 0.195. The van der Waals surface area contributed by atoms with E-state index in [-0.39, 0.29) is 43.2 Å². The molecule has 158 valence electrons. The van der Waals surface area contributed by atoms with Crippen LogP contribution in [0.5, 0.6) is 0 Å². The third-order valence-corrected chi connectivity index (χ3v) is 5.96. The molecule has 4 rings (SSSR count). The Labute approximate surface area is 171 Å². The smallest absolute Gasteiger partial charge is 0.306 e. The number of carboxylic acids is 1. The number of amides is 4. The molecule has 0 saturated carbocycles. The number of hydrogen-bond acceptors (Lipinski definition) is 7. The maximum Gasteiger partial charge on any atom is 0.306 e. The van der Waals surface area contributed by atoms with Crippen LogP contribution in [0, 0.1) is 0 Å². The number of piperidine rings is 2. The van der Waals surface area contributed by atoms with Crippen LogP contribution in [0.2, 0.25) is 0 Å². The van der Waals surface area contributed by atoms with Crippen molar-refractivity contribution in [2.45, 2.75) is 43.7 Å². The fraction of sp³-hybridized carbons (Fsp3) is 0.450. The predicted molar refractivity (Wildman–Crippen MR) is 102 cm³/mol. The van der Waals surface area contributed by atoms with Gasteiger partial charge in [0.25, 0.3) is 11.8 Å². The van der Waals surface area contributed by atoms with Crippen molar-refractivity contribution in [1.82, 2.24) is 10.2 Å². The molecule has 0 radical (unpaired) electrons. The second-order valence-corrected chi connectivity index (χ2v) is 7.93. The Morgan fingerprint density at radius 1 is 1.13 bits per heavy atom. The molecule has 1 unspecified atom stereocenters. The normalized spacial score (nSPS) is 23.4. The van der Waals surface area contributed by atoms with Gasteiger partial charge < -0.3 is 15.1 Å². The fourth-order valence-corrected chi connectivity index (χ4v) is 4.38. The van der Waals surface area contributed by atoms with Gasteiger partial charge in [0.05, 0.1) is 28.8 Å². The van der Waals surface area contributed by atoms with E-state index in [1.807, 2.05) is 4.90 Å². The minimum atomic E-state index is -1.31. The molecule has 3 heterocycles. The number of hydrogen-bond donors (Lipinski definition) is 3. The lowest BCUT2D eigenvalue weighted by atomic mass is 9.87. The average Bonchev–Trinajstić information content (AvgIpc) is 2.93. The number of nitrogens with zero attached hydrogens (tertiary/aromatic N) is 2. The maximum absolute atomic E-state index is 13.2. The van der Waals surface area contributed by atoms with Crippen LogP contribution in [-0.4, -0.2) is 69.4 Å². The van der Waals surface area contributed by atoms with E-state index in [0.717, 1.165) is 4.90 Å². The standard InChI is InChI=1S/C20H21N3O7/c24-14-5-4-13(17(27)21-14)23-18(28)11-2-1-3-12(16(11)19(23)29)22-8-6-20(30,7-9-22)10-15(25)26/h1-3,13,30H,4-10H2,(H,25,26)(H,21,24,27). The molecular weight excluding hydrogens is 394 g/mol. The van der Waals surface area contributed by atoms with Gasteiger partial charge in [-0.1, -0.05) is 6.07 Å². The first-order valence-electron chi connectivity index (χ1n) is 9.74. The van der Waals surface area contributed by atoms with Crippen LogP contribution in [0.3, 0.4) is 0 Å². The Kier molecular flexibility index (Phi) is 4.81. The van der Waals surface area contributed by atoms with E-state index in [9.17, 15) is 29.1 Å². The summed E-state index contributed by atoms with van der Waals surface area (Å²) in [4.78, 5) is 63.4. The predicted octanol–water partition coefficient (Wildman–Crippen LogP) is -0.106. The molecule has 3 aliphatic rings. The van der Waals surface area contributed by atoms with E-state index < -0.39 is 41.2 Å². The van der Waals surface area contributed by atoms with Gasteiger partial charge in [-0.3, -0.25) is 34.2 Å². The maximum atomic E-state index is 13.2. The van der Waals surface area contributed by atoms with Crippen LogP contribution < -0.4 is 10.2 Å². The molecule has 10 nitrogen and oxygen atoms in total. The zero-order valence-electron chi connectivity index (χ0n) is 16.1. The Morgan fingerprint density at radius 2 is 1.83 bits per heavy atom. The van der Waals surface area contributed by atoms with Crippen LogP contribution in [0.1, 0.15) is 52.8 Å². The molecular formula is C20H21N3O7.